The van der Waals surface area contributed by atoms with Crippen molar-refractivity contribution in [1.82, 2.24) is 20.0 Å². The summed E-state index contributed by atoms with van der Waals surface area (Å²) in [5, 5.41) is 36.9. The molecule has 0 fully saturated rings. The van der Waals surface area contributed by atoms with E-state index in [1.54, 1.807) is 62.3 Å². The first-order valence-electron chi connectivity index (χ1n) is 39.7. The highest BCUT2D eigenvalue weighted by Crippen LogP contribution is 2.48. The minimum absolute atomic E-state index is 0. The number of ether oxygens (including phenoxy) is 15. The lowest BCUT2D eigenvalue weighted by Crippen LogP contribution is -2.46. The van der Waals surface area contributed by atoms with Gasteiger partial charge >= 0.3 is 72.1 Å². The molecule has 3 aliphatic heterocycles. The van der Waals surface area contributed by atoms with E-state index < -0.39 is 179 Å². The lowest BCUT2D eigenvalue weighted by Gasteiger charge is -2.36. The van der Waals surface area contributed by atoms with Crippen molar-refractivity contribution in [2.75, 3.05) is 80.6 Å². The fraction of sp³-hybridized carbons (Fsp3) is 0.476. The summed E-state index contributed by atoms with van der Waals surface area (Å²) in [6, 6.07) is 13.3. The number of carbonyl (C=O) groups is 14. The van der Waals surface area contributed by atoms with Crippen LogP contribution in [0.15, 0.2) is 140 Å². The molecule has 0 spiro atoms. The number of hydrogen-bond donors (Lipinski definition) is 4. The fourth-order valence-electron chi connectivity index (χ4n) is 12.8. The predicted octanol–water partition coefficient (Wildman–Crippen LogP) is 9.83. The van der Waals surface area contributed by atoms with Gasteiger partial charge in [0, 0.05) is 105 Å². The molecule has 7 N–H and O–H groups in total. The van der Waals surface area contributed by atoms with Crippen LogP contribution < -0.4 is 22.5 Å². The van der Waals surface area contributed by atoms with E-state index in [0.29, 0.717) is 0 Å². The van der Waals surface area contributed by atoms with E-state index in [2.05, 4.69) is 5.32 Å². The summed E-state index contributed by atoms with van der Waals surface area (Å²) in [5.74, 6) is -12.5. The quantitative estimate of drug-likeness (QED) is 0.00788. The number of nitrogens with zero attached hydrogens (tertiary/aromatic N) is 6. The highest BCUT2D eigenvalue weighted by atomic mass is 35.5. The molecule has 0 saturated heterocycles. The smallest absolute Gasteiger partial charge is 0.421 e. The molecule has 718 valence electrons. The van der Waals surface area contributed by atoms with Crippen LogP contribution in [0.25, 0.3) is 0 Å². The van der Waals surface area contributed by atoms with Crippen molar-refractivity contribution in [2.24, 2.45) is 17.2 Å². The first-order valence-corrected chi connectivity index (χ1v) is 40.3. The Labute approximate surface area is 763 Å². The molecule has 5 atom stereocenters. The van der Waals surface area contributed by atoms with Crippen molar-refractivity contribution in [3.8, 4) is 0 Å². The number of alkyl carbamates (subject to hydrolysis) is 1. The van der Waals surface area contributed by atoms with Gasteiger partial charge in [0.15, 0.2) is 6.07 Å². The van der Waals surface area contributed by atoms with Gasteiger partial charge in [0.2, 0.25) is 25.4 Å². The molecule has 3 aromatic rings. The van der Waals surface area contributed by atoms with E-state index in [0.717, 1.165) is 14.7 Å². The molecule has 45 nitrogen and oxygen atoms in total. The molecule has 3 heterocycles. The third kappa shape index (κ3) is 32.3. The van der Waals surface area contributed by atoms with Gasteiger partial charge in [0.25, 0.3) is 17.1 Å². The largest absolute Gasteiger partial charge is 0.460 e. The van der Waals surface area contributed by atoms with E-state index in [1.807, 2.05) is 0 Å². The number of nitro benzene ring substituents is 3. The number of hydrogen-bond acceptors (Lipinski definition) is 36. The van der Waals surface area contributed by atoms with Crippen LogP contribution >= 0.6 is 24.0 Å². The molecule has 0 saturated carbocycles. The number of allylic oxidation sites excluding steroid dienone is 6. The molecule has 0 aliphatic carbocycles. The van der Waals surface area contributed by atoms with E-state index in [9.17, 15) is 97.5 Å². The van der Waals surface area contributed by atoms with Crippen LogP contribution in [-0.4, -0.2) is 230 Å². The number of nitrogens with two attached hydrogens (primary N) is 3. The topological polar surface area (TPSA) is 607 Å². The van der Waals surface area contributed by atoms with Crippen LogP contribution in [0, 0.1) is 30.3 Å². The summed E-state index contributed by atoms with van der Waals surface area (Å²) < 4.78 is 77.3. The predicted molar refractivity (Wildman–Crippen MR) is 459 cm³/mol. The van der Waals surface area contributed by atoms with E-state index in [4.69, 9.17) is 99.9 Å². The number of benzene rings is 3. The number of nitrogens with one attached hydrogen (secondary N) is 1. The first-order chi connectivity index (χ1) is 61.0. The van der Waals surface area contributed by atoms with Crippen LogP contribution in [0.4, 0.5) is 36.2 Å². The number of alkyl halides is 1. The summed E-state index contributed by atoms with van der Waals surface area (Å²) in [6.45, 7) is 20.9. The number of methoxy groups -OCH3 is 3. The average molecular weight is 1890 g/mol. The number of rotatable bonds is 38. The SMILES string of the molecule is COCCOC(=O)C1=C(C)N(C(=O)OCCl)C(C)=C(C(=O)OC(C)C)C1c1cccc([N+](=O)[O-])c1.COCCOC(=O)C1=C(C)N(C(=O)OCOC(=O)CC[C@H](N)C(N)=O)C(C)=C(C(=O)OC(C)C)C1c1cccc([N+](=O)[O-])c1.COCCOC(=O)C1=C(C)N(C(=O)OCOC(=O)CC[C@H](NC(=O)OC(C)(C)C)C(N)=O)C(C)=C(C(=O)OC(C)C)C1c1cccc([N+](=O)[O-])c1.Cl. The maximum Gasteiger partial charge on any atom is 0.421 e. The Morgan fingerprint density at radius 2 is 0.710 bits per heavy atom. The summed E-state index contributed by atoms with van der Waals surface area (Å²) in [6.07, 6.45) is -6.98. The van der Waals surface area contributed by atoms with Crippen molar-refractivity contribution >= 4 is 125 Å². The molecule has 3 aromatic carbocycles. The molecule has 6 amide bonds. The third-order valence-corrected chi connectivity index (χ3v) is 18.6. The second kappa shape index (κ2) is 52.8. The number of esters is 8. The van der Waals surface area contributed by atoms with Gasteiger partial charge in [0.1, 0.15) is 31.5 Å². The summed E-state index contributed by atoms with van der Waals surface area (Å²) in [5.41, 5.74) is 13.9. The van der Waals surface area contributed by atoms with Gasteiger partial charge in [0.05, 0.1) is 110 Å². The average Bonchev–Trinajstić information content (AvgIpc) is 0.753. The van der Waals surface area contributed by atoms with Gasteiger partial charge in [-0.15, -0.1) is 12.4 Å². The zero-order valence-corrected chi connectivity index (χ0v) is 76.8. The fourth-order valence-corrected chi connectivity index (χ4v) is 12.9. The van der Waals surface area contributed by atoms with Gasteiger partial charge in [-0.1, -0.05) is 48.0 Å². The Morgan fingerprint density at radius 1 is 0.427 bits per heavy atom. The van der Waals surface area contributed by atoms with Crippen LogP contribution in [0.1, 0.15) is 164 Å². The normalized spacial score (nSPS) is 15.4. The minimum atomic E-state index is -1.28. The summed E-state index contributed by atoms with van der Waals surface area (Å²) in [4.78, 5) is 215. The maximum absolute atomic E-state index is 13.6. The molecule has 6 rings (SSSR count). The monoisotopic (exact) mass is 1890 g/mol. The highest BCUT2D eigenvalue weighted by Gasteiger charge is 2.48. The van der Waals surface area contributed by atoms with E-state index in [1.165, 1.54) is 136 Å². The maximum atomic E-state index is 13.6. The minimum Gasteiger partial charge on any atom is -0.460 e. The molecule has 0 aromatic heterocycles. The molecule has 0 bridgehead atoms. The zero-order chi connectivity index (χ0) is 98.0. The van der Waals surface area contributed by atoms with E-state index in [-0.39, 0.29) is 173 Å². The van der Waals surface area contributed by atoms with Gasteiger partial charge in [-0.25, -0.2) is 47.9 Å². The van der Waals surface area contributed by atoms with Gasteiger partial charge in [-0.05, 0) is 133 Å². The number of halogens is 2. The molecule has 0 radical (unpaired) electrons. The van der Waals surface area contributed by atoms with Crippen molar-refractivity contribution in [1.29, 1.82) is 0 Å². The molecular weight excluding hydrogens is 1780 g/mol. The lowest BCUT2D eigenvalue weighted by molar-refractivity contribution is -0.385. The second-order valence-corrected chi connectivity index (χ2v) is 30.1. The van der Waals surface area contributed by atoms with Crippen LogP contribution in [0.5, 0.6) is 0 Å². The Morgan fingerprint density at radius 3 is 0.962 bits per heavy atom. The Hall–Kier alpha value is -13.5. The van der Waals surface area contributed by atoms with Gasteiger partial charge in [-0.2, -0.15) is 0 Å². The van der Waals surface area contributed by atoms with Crippen molar-refractivity contribution in [3.05, 3.63) is 187 Å². The van der Waals surface area contributed by atoms with Gasteiger partial charge < -0.3 is 93.6 Å². The number of carbonyl (C=O) groups excluding carboxylic acids is 14. The Bertz CT molecular complexity index is 4950. The number of primary amides is 2. The number of non-ortho nitro benzene ring substituents is 3. The molecule has 3 unspecified atom stereocenters. The molecule has 131 heavy (non-hydrogen) atoms. The van der Waals surface area contributed by atoms with Crippen molar-refractivity contribution < 1.29 is 153 Å². The van der Waals surface area contributed by atoms with Crippen molar-refractivity contribution in [3.63, 3.8) is 0 Å². The van der Waals surface area contributed by atoms with Gasteiger partial charge in [-0.3, -0.25) is 64.2 Å². The molecular formula is C84H108Cl2N10O35. The van der Waals surface area contributed by atoms with Crippen LogP contribution in [0.3, 0.4) is 0 Å². The molecule has 47 heteroatoms. The highest BCUT2D eigenvalue weighted by molar-refractivity contribution is 6.17. The second-order valence-electron chi connectivity index (χ2n) is 29.9. The summed E-state index contributed by atoms with van der Waals surface area (Å²) in [7, 11) is 4.22. The zero-order valence-electron chi connectivity index (χ0n) is 75.2. The molecule has 3 aliphatic rings. The summed E-state index contributed by atoms with van der Waals surface area (Å²) >= 11 is 5.57. The van der Waals surface area contributed by atoms with E-state index >= 15 is 0 Å². The number of amides is 6. The lowest BCUT2D eigenvalue weighted by atomic mass is 9.79. The number of nitro groups is 3. The Kier molecular flexibility index (Phi) is 45.0. The van der Waals surface area contributed by atoms with Crippen LogP contribution in [-0.2, 0) is 119 Å². The Balaban J connectivity index is 0.000000513. The van der Waals surface area contributed by atoms with Crippen LogP contribution in [0.2, 0.25) is 0 Å². The first kappa shape index (κ1) is 112. The van der Waals surface area contributed by atoms with Crippen molar-refractivity contribution in [2.45, 2.75) is 183 Å². The standard InChI is InChI=1S/C33H44N4O14.C28H36N4O12.C23H27ClN2O9.ClH/c1-18(2)50-30(41)26-20(4)36(32(43)49-17-48-24(38)13-12-23(28(34)39)35-31(42)51-33(5,6)7)19(3)25(29(40)47-15-14-46-8)27(26)21-10-9-11-22(16-21)37(44)45;1-15(2)44-27(36)23-17(4)31(28(37)43-14-42-21(33)10-9-20(29)25(30)34)16(3)22(26(35)41-12-11-40-5)24(23)18-7-6-8-19(13-18)32(38)39;1-13(2)35-22(28)19-15(4)25(23(29)34-12-24)14(3)18(21(27)33-10-9-32-5)20(19)16-7-6-8-17(11-16)26(30)31;/h9-11,16,18,23,27H,12-15,17H2,1-8H3,(H2,34,39)(H,35,42);6-8,13,15,20,24H,9-12,14,29H2,1-5H3,(H2,30,34);6-8,11,13,20H,9-10,12H2,1-5H3;1H/t23-,27?;20-,24?;;/m00../s1. The third-order valence-electron chi connectivity index (χ3n) is 18.5.